The van der Waals surface area contributed by atoms with Gasteiger partial charge in [-0.2, -0.15) is 0 Å². The lowest BCUT2D eigenvalue weighted by molar-refractivity contribution is 0.629. The summed E-state index contributed by atoms with van der Waals surface area (Å²) in [5.74, 6) is 0.774. The van der Waals surface area contributed by atoms with Gasteiger partial charge in [-0.3, -0.25) is 0 Å². The molecule has 0 aliphatic carbocycles. The van der Waals surface area contributed by atoms with Crippen molar-refractivity contribution in [1.82, 2.24) is 0 Å². The van der Waals surface area contributed by atoms with Gasteiger partial charge in [-0.1, -0.05) is 133 Å². The largest absolute Gasteiger partial charge is 0.456 e. The van der Waals surface area contributed by atoms with Crippen molar-refractivity contribution in [2.75, 3.05) is 4.90 Å². The van der Waals surface area contributed by atoms with E-state index in [0.717, 1.165) is 39.0 Å². The van der Waals surface area contributed by atoms with Gasteiger partial charge >= 0.3 is 0 Å². The first-order valence-electron chi connectivity index (χ1n) is 19.4. The molecule has 2 heteroatoms. The number of para-hydroxylation sites is 1. The average molecular weight is 612 g/mol. The van der Waals surface area contributed by atoms with Gasteiger partial charge in [0.25, 0.3) is 0 Å². The third-order valence-electron chi connectivity index (χ3n) is 8.22. The lowest BCUT2D eigenvalue weighted by Crippen LogP contribution is -2.09. The summed E-state index contributed by atoms with van der Waals surface area (Å²) in [4.78, 5) is 1.32. The Bertz CT molecular complexity index is 2580. The van der Waals surface area contributed by atoms with Crippen LogP contribution in [0, 0.1) is 6.92 Å². The van der Waals surface area contributed by atoms with E-state index >= 15 is 0 Å². The Morgan fingerprint density at radius 1 is 0.426 bits per heavy atom. The fraction of sp³-hybridized carbons (Fsp3) is 0.0222. The predicted molar refractivity (Wildman–Crippen MR) is 197 cm³/mol. The molecule has 0 saturated heterocycles. The SMILES string of the molecule is [2H]c1c([2H])c(N(c2ccc(-c3cccc(-c4oc5ccccc5c4C)c3)cc2)c2c([2H])c([2H])c(-c3ccccc3)c([2H])c2[2H])c([2H])c([2H])c1-c1ccccc1. The van der Waals surface area contributed by atoms with Crippen LogP contribution in [-0.2, 0) is 0 Å². The van der Waals surface area contributed by atoms with E-state index in [0.29, 0.717) is 16.8 Å². The average Bonchev–Trinajstić information content (AvgIpc) is 3.56. The van der Waals surface area contributed by atoms with Crippen LogP contribution < -0.4 is 4.90 Å². The Balaban J connectivity index is 1.31. The molecule has 0 spiro atoms. The summed E-state index contributed by atoms with van der Waals surface area (Å²) in [7, 11) is 0. The van der Waals surface area contributed by atoms with Crippen molar-refractivity contribution in [3.05, 3.63) is 187 Å². The number of nitrogens with zero attached hydrogens (tertiary/aromatic N) is 1. The molecule has 7 aromatic carbocycles. The minimum absolute atomic E-state index is 0.119. The molecule has 8 rings (SSSR count). The molecule has 47 heavy (non-hydrogen) atoms. The van der Waals surface area contributed by atoms with Gasteiger partial charge in [0.05, 0.1) is 11.0 Å². The van der Waals surface area contributed by atoms with Gasteiger partial charge in [0.1, 0.15) is 11.3 Å². The van der Waals surface area contributed by atoms with Crippen molar-refractivity contribution in [2.45, 2.75) is 6.92 Å². The molecular formula is C45H33NO. The molecule has 0 bridgehead atoms. The third kappa shape index (κ3) is 5.62. The summed E-state index contributed by atoms with van der Waals surface area (Å²) in [6, 6.07) is 37.8. The second-order valence-electron chi connectivity index (χ2n) is 11.2. The summed E-state index contributed by atoms with van der Waals surface area (Å²) in [6.07, 6.45) is 0. The molecule has 0 radical (unpaired) electrons. The van der Waals surface area contributed by atoms with Gasteiger partial charge in [-0.05, 0) is 88.7 Å². The van der Waals surface area contributed by atoms with E-state index in [1.807, 2.05) is 67.6 Å². The molecular weight excluding hydrogens is 571 g/mol. The van der Waals surface area contributed by atoms with E-state index in [1.165, 1.54) is 4.90 Å². The first kappa shape index (κ1) is 20.8. The molecule has 0 aliphatic rings. The molecule has 224 valence electrons. The summed E-state index contributed by atoms with van der Waals surface area (Å²) in [5, 5.41) is 1.05. The molecule has 0 fully saturated rings. The van der Waals surface area contributed by atoms with Gasteiger partial charge in [0, 0.05) is 33.6 Å². The van der Waals surface area contributed by atoms with Crippen LogP contribution in [0.1, 0.15) is 16.5 Å². The molecule has 0 unspecified atom stereocenters. The highest BCUT2D eigenvalue weighted by molar-refractivity contribution is 5.88. The van der Waals surface area contributed by atoms with Gasteiger partial charge in [0.15, 0.2) is 0 Å². The molecule has 0 atom stereocenters. The van der Waals surface area contributed by atoms with Gasteiger partial charge < -0.3 is 9.32 Å². The van der Waals surface area contributed by atoms with Crippen LogP contribution >= 0.6 is 0 Å². The summed E-state index contributed by atoms with van der Waals surface area (Å²) in [5.41, 5.74) is 5.67. The number of furan rings is 1. The van der Waals surface area contributed by atoms with Crippen LogP contribution in [0.4, 0.5) is 17.1 Å². The summed E-state index contributed by atoms with van der Waals surface area (Å²) < 4.78 is 79.5. The molecule has 1 aromatic heterocycles. The lowest BCUT2D eigenvalue weighted by atomic mass is 9.99. The number of anilines is 3. The maximum absolute atomic E-state index is 9.26. The highest BCUT2D eigenvalue weighted by Gasteiger charge is 2.15. The standard InChI is InChI=1S/C45H33NO/c1-32-43-17-8-9-18-44(43)47-45(32)39-16-10-15-38(31-39)37-23-29-42(30-24-37)46(40-25-19-35(20-26-40)33-11-4-2-5-12-33)41-27-21-36(22-28-41)34-13-6-3-7-14-34/h2-31H,1H3/i19D,20D,21D,22D,25D,26D,27D,28D. The first-order chi connectivity index (χ1) is 26.6. The number of fused-ring (bicyclic) bond motifs is 1. The normalized spacial score (nSPS) is 13.5. The van der Waals surface area contributed by atoms with E-state index in [4.69, 9.17) is 9.90 Å². The van der Waals surface area contributed by atoms with Crippen LogP contribution in [0.5, 0.6) is 0 Å². The number of aryl methyl sites for hydroxylation is 1. The maximum Gasteiger partial charge on any atom is 0.138 e. The Hall–Kier alpha value is -6.12. The Kier molecular flexibility index (Phi) is 5.47. The number of rotatable bonds is 7. The van der Waals surface area contributed by atoms with Crippen molar-refractivity contribution in [3.8, 4) is 44.7 Å². The second-order valence-corrected chi connectivity index (χ2v) is 11.2. The Labute approximate surface area is 287 Å². The highest BCUT2D eigenvalue weighted by Crippen LogP contribution is 2.39. The van der Waals surface area contributed by atoms with E-state index in [1.54, 1.807) is 72.8 Å². The van der Waals surface area contributed by atoms with Crippen molar-refractivity contribution in [1.29, 1.82) is 0 Å². The smallest absolute Gasteiger partial charge is 0.138 e. The van der Waals surface area contributed by atoms with Crippen LogP contribution in [-0.4, -0.2) is 0 Å². The molecule has 0 amide bonds. The van der Waals surface area contributed by atoms with Crippen LogP contribution in [0.15, 0.2) is 186 Å². The van der Waals surface area contributed by atoms with Crippen LogP contribution in [0.3, 0.4) is 0 Å². The zero-order valence-corrected chi connectivity index (χ0v) is 25.6. The van der Waals surface area contributed by atoms with Crippen LogP contribution in [0.25, 0.3) is 55.7 Å². The number of hydrogen-bond acceptors (Lipinski definition) is 2. The second kappa shape index (κ2) is 12.3. The predicted octanol–water partition coefficient (Wildman–Crippen LogP) is 12.9. The van der Waals surface area contributed by atoms with Gasteiger partial charge in [0.2, 0.25) is 0 Å². The molecule has 0 saturated carbocycles. The fourth-order valence-corrected chi connectivity index (χ4v) is 5.80. The number of benzene rings is 7. The zero-order valence-electron chi connectivity index (χ0n) is 33.6. The minimum atomic E-state index is -0.387. The topological polar surface area (TPSA) is 16.4 Å². The highest BCUT2D eigenvalue weighted by atomic mass is 16.3. The Morgan fingerprint density at radius 2 is 0.915 bits per heavy atom. The monoisotopic (exact) mass is 611 g/mol. The lowest BCUT2D eigenvalue weighted by Gasteiger charge is -2.26. The maximum atomic E-state index is 9.26. The molecule has 0 N–H and O–H groups in total. The third-order valence-corrected chi connectivity index (χ3v) is 8.22. The molecule has 8 aromatic rings. The number of hydrogen-bond donors (Lipinski definition) is 0. The van der Waals surface area contributed by atoms with Crippen molar-refractivity contribution >= 4 is 28.0 Å². The molecule has 1 heterocycles. The van der Waals surface area contributed by atoms with Gasteiger partial charge in [-0.15, -0.1) is 0 Å². The summed E-state index contributed by atoms with van der Waals surface area (Å²) >= 11 is 0. The van der Waals surface area contributed by atoms with E-state index in [2.05, 4.69) is 0 Å². The van der Waals surface area contributed by atoms with E-state index in [9.17, 15) is 5.48 Å². The van der Waals surface area contributed by atoms with Gasteiger partial charge in [-0.25, -0.2) is 0 Å². The Morgan fingerprint density at radius 3 is 1.49 bits per heavy atom. The quantitative estimate of drug-likeness (QED) is 0.178. The van der Waals surface area contributed by atoms with E-state index in [-0.39, 0.29) is 70.8 Å². The summed E-state index contributed by atoms with van der Waals surface area (Å²) in [6.45, 7) is 2.04. The van der Waals surface area contributed by atoms with E-state index < -0.39 is 0 Å². The zero-order chi connectivity index (χ0) is 38.5. The van der Waals surface area contributed by atoms with Crippen LogP contribution in [0.2, 0.25) is 0 Å². The fourth-order valence-electron chi connectivity index (χ4n) is 5.80. The first-order valence-corrected chi connectivity index (χ1v) is 15.4. The van der Waals surface area contributed by atoms with Crippen molar-refractivity contribution in [3.63, 3.8) is 0 Å². The molecule has 0 aliphatic heterocycles. The minimum Gasteiger partial charge on any atom is -0.456 e. The van der Waals surface area contributed by atoms with Crippen molar-refractivity contribution < 1.29 is 15.4 Å². The molecule has 2 nitrogen and oxygen atoms in total. The van der Waals surface area contributed by atoms with Crippen molar-refractivity contribution in [2.24, 2.45) is 0 Å².